The molecule has 0 fully saturated rings. The molecule has 1 aromatic heterocycles. The minimum atomic E-state index is -0.373. The van der Waals surface area contributed by atoms with Gasteiger partial charge in [0.15, 0.2) is 0 Å². The highest BCUT2D eigenvalue weighted by Gasteiger charge is 2.26. The topological polar surface area (TPSA) is 30.2 Å². The lowest BCUT2D eigenvalue weighted by Crippen LogP contribution is -2.12. The van der Waals surface area contributed by atoms with Gasteiger partial charge >= 0.3 is 0 Å². The van der Waals surface area contributed by atoms with E-state index < -0.39 is 0 Å². The van der Waals surface area contributed by atoms with Crippen LogP contribution in [0.3, 0.4) is 0 Å². The highest BCUT2D eigenvalue weighted by atomic mass is 35.5. The van der Waals surface area contributed by atoms with Crippen molar-refractivity contribution in [1.29, 1.82) is 0 Å². The second kappa shape index (κ2) is 4.71. The molecule has 1 aromatic carbocycles. The van der Waals surface area contributed by atoms with E-state index in [2.05, 4.69) is 0 Å². The first-order chi connectivity index (χ1) is 8.00. The first-order valence-electron chi connectivity index (χ1n) is 5.36. The molecule has 0 aliphatic carbocycles. The molecule has 0 aliphatic heterocycles. The summed E-state index contributed by atoms with van der Waals surface area (Å²) in [6.07, 6.45) is 1.59. The van der Waals surface area contributed by atoms with Gasteiger partial charge in [0.2, 0.25) is 5.24 Å². The third-order valence-electron chi connectivity index (χ3n) is 2.81. The minimum absolute atomic E-state index is 0.111. The Balaban J connectivity index is 2.61. The van der Waals surface area contributed by atoms with Gasteiger partial charge in [-0.3, -0.25) is 4.79 Å². The molecular weight excluding hydrogens is 259 g/mol. The van der Waals surface area contributed by atoms with Crippen LogP contribution in [-0.4, -0.2) is 5.24 Å². The molecule has 2 aromatic rings. The largest absolute Gasteiger partial charge is 0.464 e. The van der Waals surface area contributed by atoms with Gasteiger partial charge < -0.3 is 4.42 Å². The maximum absolute atomic E-state index is 11.5. The van der Waals surface area contributed by atoms with Crippen molar-refractivity contribution in [2.75, 3.05) is 0 Å². The summed E-state index contributed by atoms with van der Waals surface area (Å²) in [6, 6.07) is 5.34. The summed E-state index contributed by atoms with van der Waals surface area (Å²) in [5.74, 6) is -0.254. The smallest absolute Gasteiger partial charge is 0.229 e. The number of hydrogen-bond acceptors (Lipinski definition) is 2. The number of carbonyl (C=O) groups is 1. The SMILES string of the molecule is CC(C)C(C(=O)Cl)c1coc2ccc(Cl)cc12. The van der Waals surface area contributed by atoms with Crippen molar-refractivity contribution < 1.29 is 9.21 Å². The zero-order valence-corrected chi connectivity index (χ0v) is 11.0. The Hall–Kier alpha value is -0.990. The summed E-state index contributed by atoms with van der Waals surface area (Å²) in [7, 11) is 0. The molecule has 0 radical (unpaired) electrons. The first kappa shape index (κ1) is 12.5. The molecule has 0 N–H and O–H groups in total. The Morgan fingerprint density at radius 1 is 1.35 bits per heavy atom. The van der Waals surface area contributed by atoms with E-state index in [4.69, 9.17) is 27.6 Å². The molecule has 0 saturated heterocycles. The van der Waals surface area contributed by atoms with Crippen LogP contribution >= 0.6 is 23.2 Å². The van der Waals surface area contributed by atoms with Crippen molar-refractivity contribution in [1.82, 2.24) is 0 Å². The molecule has 0 spiro atoms. The number of rotatable bonds is 3. The van der Waals surface area contributed by atoms with Crippen molar-refractivity contribution in [2.45, 2.75) is 19.8 Å². The Morgan fingerprint density at radius 2 is 2.06 bits per heavy atom. The highest BCUT2D eigenvalue weighted by molar-refractivity contribution is 6.64. The van der Waals surface area contributed by atoms with Gasteiger partial charge in [-0.15, -0.1) is 0 Å². The van der Waals surface area contributed by atoms with Gasteiger partial charge in [-0.05, 0) is 35.7 Å². The normalized spacial score (nSPS) is 13.2. The number of benzene rings is 1. The maximum Gasteiger partial charge on any atom is 0.229 e. The second-order valence-corrected chi connectivity index (χ2v) is 5.17. The Labute approximate surface area is 110 Å². The molecule has 0 bridgehead atoms. The van der Waals surface area contributed by atoms with Crippen LogP contribution in [0.4, 0.5) is 0 Å². The number of halogens is 2. The minimum Gasteiger partial charge on any atom is -0.464 e. The van der Waals surface area contributed by atoms with E-state index >= 15 is 0 Å². The first-order valence-corrected chi connectivity index (χ1v) is 6.12. The van der Waals surface area contributed by atoms with Gasteiger partial charge in [-0.25, -0.2) is 0 Å². The molecule has 0 saturated carbocycles. The fourth-order valence-corrected chi connectivity index (χ4v) is 2.55. The average molecular weight is 271 g/mol. The zero-order valence-electron chi connectivity index (χ0n) is 9.54. The summed E-state index contributed by atoms with van der Waals surface area (Å²) in [5.41, 5.74) is 1.52. The standard InChI is InChI=1S/C13H12Cl2O2/c1-7(2)12(13(15)16)10-6-17-11-4-3-8(14)5-9(10)11/h3-7,12H,1-2H3. The third-order valence-corrected chi connectivity index (χ3v) is 3.28. The lowest BCUT2D eigenvalue weighted by Gasteiger charge is -2.15. The molecular formula is C13H12Cl2O2. The van der Waals surface area contributed by atoms with Crippen molar-refractivity contribution >= 4 is 39.4 Å². The average Bonchev–Trinajstić information content (AvgIpc) is 2.60. The van der Waals surface area contributed by atoms with Crippen LogP contribution in [-0.2, 0) is 4.79 Å². The Morgan fingerprint density at radius 3 is 2.65 bits per heavy atom. The van der Waals surface area contributed by atoms with Gasteiger partial charge in [-0.1, -0.05) is 25.4 Å². The second-order valence-electron chi connectivity index (χ2n) is 4.36. The summed E-state index contributed by atoms with van der Waals surface area (Å²) < 4.78 is 5.42. The van der Waals surface area contributed by atoms with Crippen LogP contribution in [0.1, 0.15) is 25.3 Å². The zero-order chi connectivity index (χ0) is 12.6. The lowest BCUT2D eigenvalue weighted by molar-refractivity contribution is -0.113. The van der Waals surface area contributed by atoms with Crippen molar-refractivity contribution in [2.24, 2.45) is 5.92 Å². The van der Waals surface area contributed by atoms with E-state index in [1.807, 2.05) is 13.8 Å². The van der Waals surface area contributed by atoms with Gasteiger partial charge in [0.1, 0.15) is 5.58 Å². The molecule has 90 valence electrons. The number of carbonyl (C=O) groups excluding carboxylic acids is 1. The van der Waals surface area contributed by atoms with Crippen LogP contribution in [0.25, 0.3) is 11.0 Å². The van der Waals surface area contributed by atoms with E-state index in [1.165, 1.54) is 0 Å². The summed E-state index contributed by atoms with van der Waals surface area (Å²) in [5, 5.41) is 1.09. The summed E-state index contributed by atoms with van der Waals surface area (Å²) in [6.45, 7) is 3.91. The molecule has 17 heavy (non-hydrogen) atoms. The monoisotopic (exact) mass is 270 g/mol. The molecule has 2 nitrogen and oxygen atoms in total. The molecule has 1 heterocycles. The predicted octanol–water partition coefficient (Wildman–Crippen LogP) is 4.59. The third kappa shape index (κ3) is 2.33. The maximum atomic E-state index is 11.5. The van der Waals surface area contributed by atoms with Crippen LogP contribution in [0.15, 0.2) is 28.9 Å². The number of fused-ring (bicyclic) bond motifs is 1. The molecule has 2 rings (SSSR count). The molecule has 4 heteroatoms. The van der Waals surface area contributed by atoms with E-state index in [-0.39, 0.29) is 17.1 Å². The Kier molecular flexibility index (Phi) is 3.45. The van der Waals surface area contributed by atoms with E-state index in [0.29, 0.717) is 10.6 Å². The van der Waals surface area contributed by atoms with Gasteiger partial charge in [0.25, 0.3) is 0 Å². The Bertz CT molecular complexity index is 558. The van der Waals surface area contributed by atoms with Gasteiger partial charge in [0, 0.05) is 16.0 Å². The van der Waals surface area contributed by atoms with Crippen LogP contribution in [0.5, 0.6) is 0 Å². The van der Waals surface area contributed by atoms with Crippen LogP contribution in [0.2, 0.25) is 5.02 Å². The fourth-order valence-electron chi connectivity index (χ4n) is 2.01. The fraction of sp³-hybridized carbons (Fsp3) is 0.308. The van der Waals surface area contributed by atoms with Crippen molar-refractivity contribution in [3.63, 3.8) is 0 Å². The molecule has 0 aliphatic rings. The van der Waals surface area contributed by atoms with Crippen LogP contribution in [0, 0.1) is 5.92 Å². The quantitative estimate of drug-likeness (QED) is 0.764. The van der Waals surface area contributed by atoms with Crippen LogP contribution < -0.4 is 0 Å². The van der Waals surface area contributed by atoms with Crippen molar-refractivity contribution in [3.8, 4) is 0 Å². The highest BCUT2D eigenvalue weighted by Crippen LogP contribution is 2.35. The lowest BCUT2D eigenvalue weighted by atomic mass is 9.89. The number of furan rings is 1. The molecule has 1 atom stereocenters. The van der Waals surface area contributed by atoms with Gasteiger partial charge in [0.05, 0.1) is 12.2 Å². The van der Waals surface area contributed by atoms with E-state index in [9.17, 15) is 4.79 Å². The summed E-state index contributed by atoms with van der Waals surface area (Å²) in [4.78, 5) is 11.5. The number of hydrogen-bond donors (Lipinski definition) is 0. The van der Waals surface area contributed by atoms with Gasteiger partial charge in [-0.2, -0.15) is 0 Å². The molecule has 0 amide bonds. The summed E-state index contributed by atoms with van der Waals surface area (Å²) >= 11 is 11.6. The predicted molar refractivity (Wildman–Crippen MR) is 69.7 cm³/mol. The molecule has 1 unspecified atom stereocenters. The van der Waals surface area contributed by atoms with E-state index in [1.54, 1.807) is 24.5 Å². The van der Waals surface area contributed by atoms with Crippen molar-refractivity contribution in [3.05, 3.63) is 35.0 Å². The van der Waals surface area contributed by atoms with E-state index in [0.717, 1.165) is 10.9 Å².